The van der Waals surface area contributed by atoms with Gasteiger partial charge >= 0.3 is 0 Å². The summed E-state index contributed by atoms with van der Waals surface area (Å²) in [7, 11) is 0. The first kappa shape index (κ1) is 9.46. The quantitative estimate of drug-likeness (QED) is 0.652. The van der Waals surface area contributed by atoms with Crippen molar-refractivity contribution in [1.29, 1.82) is 0 Å². The van der Waals surface area contributed by atoms with Crippen molar-refractivity contribution in [3.8, 4) is 0 Å². The number of rotatable bonds is 1. The van der Waals surface area contributed by atoms with Gasteiger partial charge in [0.05, 0.1) is 17.0 Å². The molecule has 2 fully saturated rings. The summed E-state index contributed by atoms with van der Waals surface area (Å²) in [5, 5.41) is 0. The van der Waals surface area contributed by atoms with Crippen molar-refractivity contribution in [1.82, 2.24) is 4.90 Å². The van der Waals surface area contributed by atoms with Gasteiger partial charge in [0.1, 0.15) is 0 Å². The third-order valence-corrected chi connectivity index (χ3v) is 3.09. The number of likely N-dealkylation sites (tertiary alicyclic amines) is 1. The standard InChI is InChI=1S/C9H14BrNO2/c1-6(10)9(12)11-4-7-2-3-8(5-11)13-7/h6-8H,2-5H2,1H3. The molecule has 0 N–H and O–H groups in total. The van der Waals surface area contributed by atoms with Crippen LogP contribution in [0.1, 0.15) is 19.8 Å². The lowest BCUT2D eigenvalue weighted by atomic mass is 10.2. The van der Waals surface area contributed by atoms with Gasteiger partial charge in [0.25, 0.3) is 0 Å². The number of amides is 1. The van der Waals surface area contributed by atoms with E-state index in [1.54, 1.807) is 0 Å². The number of hydrogen-bond acceptors (Lipinski definition) is 2. The number of alkyl halides is 1. The van der Waals surface area contributed by atoms with Gasteiger partial charge in [-0.1, -0.05) is 15.9 Å². The Morgan fingerprint density at radius 1 is 1.46 bits per heavy atom. The van der Waals surface area contributed by atoms with Crippen molar-refractivity contribution in [2.24, 2.45) is 0 Å². The van der Waals surface area contributed by atoms with Gasteiger partial charge in [-0.05, 0) is 19.8 Å². The molecule has 13 heavy (non-hydrogen) atoms. The van der Waals surface area contributed by atoms with Crippen molar-refractivity contribution in [3.63, 3.8) is 0 Å². The van der Waals surface area contributed by atoms with Crippen LogP contribution < -0.4 is 0 Å². The van der Waals surface area contributed by atoms with Crippen molar-refractivity contribution < 1.29 is 9.53 Å². The van der Waals surface area contributed by atoms with E-state index in [1.807, 2.05) is 11.8 Å². The highest BCUT2D eigenvalue weighted by atomic mass is 79.9. The molecule has 0 spiro atoms. The van der Waals surface area contributed by atoms with Crippen molar-refractivity contribution in [2.75, 3.05) is 13.1 Å². The Balaban J connectivity index is 1.98. The smallest absolute Gasteiger partial charge is 0.236 e. The normalized spacial score (nSPS) is 34.8. The molecule has 2 heterocycles. The Bertz CT molecular complexity index is 208. The van der Waals surface area contributed by atoms with Crippen LogP contribution in [0.5, 0.6) is 0 Å². The second-order valence-corrected chi connectivity index (χ2v) is 5.19. The molecule has 0 aliphatic carbocycles. The fourth-order valence-electron chi connectivity index (χ4n) is 2.05. The summed E-state index contributed by atoms with van der Waals surface area (Å²) in [5.41, 5.74) is 0. The van der Waals surface area contributed by atoms with Crippen LogP contribution in [-0.2, 0) is 9.53 Å². The van der Waals surface area contributed by atoms with E-state index in [0.717, 1.165) is 25.9 Å². The zero-order chi connectivity index (χ0) is 9.42. The van der Waals surface area contributed by atoms with Gasteiger partial charge in [-0.2, -0.15) is 0 Å². The van der Waals surface area contributed by atoms with Crippen LogP contribution in [0.15, 0.2) is 0 Å². The zero-order valence-electron chi connectivity index (χ0n) is 7.70. The molecular formula is C9H14BrNO2. The highest BCUT2D eigenvalue weighted by Gasteiger charge is 2.36. The SMILES string of the molecule is CC(Br)C(=O)N1CC2CCC(C1)O2. The Morgan fingerprint density at radius 3 is 2.46 bits per heavy atom. The Hall–Kier alpha value is -0.0900. The monoisotopic (exact) mass is 247 g/mol. The number of morpholine rings is 1. The molecule has 3 unspecified atom stereocenters. The molecule has 0 saturated carbocycles. The van der Waals surface area contributed by atoms with Gasteiger partial charge in [0.15, 0.2) is 0 Å². The Labute approximate surface area is 86.5 Å². The molecule has 0 aromatic rings. The van der Waals surface area contributed by atoms with Crippen LogP contribution in [0, 0.1) is 0 Å². The van der Waals surface area contributed by atoms with Crippen molar-refractivity contribution >= 4 is 21.8 Å². The molecule has 2 bridgehead atoms. The summed E-state index contributed by atoms with van der Waals surface area (Å²) in [6.07, 6.45) is 2.83. The molecule has 74 valence electrons. The Kier molecular flexibility index (Phi) is 2.60. The van der Waals surface area contributed by atoms with E-state index in [9.17, 15) is 4.79 Å². The average molecular weight is 248 g/mol. The number of ether oxygens (including phenoxy) is 1. The predicted octanol–water partition coefficient (Wildman–Crippen LogP) is 1.16. The largest absolute Gasteiger partial charge is 0.371 e. The third-order valence-electron chi connectivity index (χ3n) is 2.70. The molecule has 2 aliphatic rings. The molecule has 2 saturated heterocycles. The number of carbonyl (C=O) groups is 1. The molecule has 1 amide bonds. The molecular weight excluding hydrogens is 234 g/mol. The summed E-state index contributed by atoms with van der Waals surface area (Å²) in [4.78, 5) is 13.5. The van der Waals surface area contributed by atoms with E-state index >= 15 is 0 Å². The highest BCUT2D eigenvalue weighted by molar-refractivity contribution is 9.10. The van der Waals surface area contributed by atoms with Crippen LogP contribution in [0.2, 0.25) is 0 Å². The first-order valence-corrected chi connectivity index (χ1v) is 5.66. The van der Waals surface area contributed by atoms with Gasteiger partial charge in [0, 0.05) is 13.1 Å². The first-order chi connectivity index (χ1) is 6.16. The van der Waals surface area contributed by atoms with Gasteiger partial charge in [-0.25, -0.2) is 0 Å². The Morgan fingerprint density at radius 2 is 2.00 bits per heavy atom. The minimum atomic E-state index is -0.0648. The maximum atomic E-state index is 11.6. The summed E-state index contributed by atoms with van der Waals surface area (Å²) in [6.45, 7) is 3.44. The molecule has 3 atom stereocenters. The number of hydrogen-bond donors (Lipinski definition) is 0. The van der Waals surface area contributed by atoms with E-state index in [0.29, 0.717) is 12.2 Å². The minimum Gasteiger partial charge on any atom is -0.371 e. The maximum Gasteiger partial charge on any atom is 0.236 e. The van der Waals surface area contributed by atoms with Crippen LogP contribution in [0.4, 0.5) is 0 Å². The molecule has 0 aromatic heterocycles. The summed E-state index contributed by atoms with van der Waals surface area (Å²) in [5.74, 6) is 0.195. The van der Waals surface area contributed by atoms with Gasteiger partial charge < -0.3 is 9.64 Å². The molecule has 2 aliphatic heterocycles. The number of fused-ring (bicyclic) bond motifs is 2. The van der Waals surface area contributed by atoms with E-state index in [-0.39, 0.29) is 10.7 Å². The number of carbonyl (C=O) groups excluding carboxylic acids is 1. The van der Waals surface area contributed by atoms with E-state index < -0.39 is 0 Å². The molecule has 4 heteroatoms. The van der Waals surface area contributed by atoms with Gasteiger partial charge in [0.2, 0.25) is 5.91 Å². The molecule has 0 aromatic carbocycles. The van der Waals surface area contributed by atoms with Crippen LogP contribution in [-0.4, -0.2) is 40.9 Å². The second kappa shape index (κ2) is 3.58. The average Bonchev–Trinajstić information content (AvgIpc) is 2.44. The fraction of sp³-hybridized carbons (Fsp3) is 0.889. The van der Waals surface area contributed by atoms with Gasteiger partial charge in [-0.3, -0.25) is 4.79 Å². The predicted molar refractivity (Wildman–Crippen MR) is 52.9 cm³/mol. The third kappa shape index (κ3) is 1.89. The molecule has 0 radical (unpaired) electrons. The maximum absolute atomic E-state index is 11.6. The second-order valence-electron chi connectivity index (χ2n) is 3.82. The van der Waals surface area contributed by atoms with Crippen LogP contribution in [0.3, 0.4) is 0 Å². The molecule has 3 nitrogen and oxygen atoms in total. The van der Waals surface area contributed by atoms with E-state index in [2.05, 4.69) is 15.9 Å². The first-order valence-electron chi connectivity index (χ1n) is 4.75. The summed E-state index contributed by atoms with van der Waals surface area (Å²) < 4.78 is 5.65. The van der Waals surface area contributed by atoms with E-state index in [1.165, 1.54) is 0 Å². The number of nitrogens with zero attached hydrogens (tertiary/aromatic N) is 1. The lowest BCUT2D eigenvalue weighted by Gasteiger charge is -2.32. The minimum absolute atomic E-state index is 0.0648. The lowest BCUT2D eigenvalue weighted by molar-refractivity contribution is -0.138. The van der Waals surface area contributed by atoms with Crippen LogP contribution in [0.25, 0.3) is 0 Å². The van der Waals surface area contributed by atoms with Crippen LogP contribution >= 0.6 is 15.9 Å². The highest BCUT2D eigenvalue weighted by Crippen LogP contribution is 2.26. The fourth-order valence-corrected chi connectivity index (χ4v) is 2.34. The van der Waals surface area contributed by atoms with Crippen molar-refractivity contribution in [2.45, 2.75) is 36.8 Å². The van der Waals surface area contributed by atoms with E-state index in [4.69, 9.17) is 4.74 Å². The summed E-state index contributed by atoms with van der Waals surface area (Å²) in [6, 6.07) is 0. The lowest BCUT2D eigenvalue weighted by Crippen LogP contribution is -2.47. The van der Waals surface area contributed by atoms with Gasteiger partial charge in [-0.15, -0.1) is 0 Å². The summed E-state index contributed by atoms with van der Waals surface area (Å²) >= 11 is 3.30. The topological polar surface area (TPSA) is 29.5 Å². The molecule has 2 rings (SSSR count). The number of halogens is 1. The van der Waals surface area contributed by atoms with Crippen molar-refractivity contribution in [3.05, 3.63) is 0 Å². The zero-order valence-corrected chi connectivity index (χ0v) is 9.29.